The van der Waals surface area contributed by atoms with Crippen LogP contribution in [0.15, 0.2) is 41.6 Å². The minimum absolute atomic E-state index is 0.0760. The minimum Gasteiger partial charge on any atom is -0.342 e. The Morgan fingerprint density at radius 2 is 1.81 bits per heavy atom. The number of nitrogens with one attached hydrogen (secondary N) is 2. The van der Waals surface area contributed by atoms with Gasteiger partial charge in [0, 0.05) is 12.6 Å². The minimum atomic E-state index is -0.376. The van der Waals surface area contributed by atoms with Gasteiger partial charge in [0.15, 0.2) is 11.0 Å². The van der Waals surface area contributed by atoms with Crippen molar-refractivity contribution in [3.63, 3.8) is 0 Å². The van der Waals surface area contributed by atoms with Crippen LogP contribution in [0.25, 0.3) is 0 Å². The Morgan fingerprint density at radius 1 is 1.09 bits per heavy atom. The lowest BCUT2D eigenvalue weighted by Crippen LogP contribution is -2.28. The average molecular weight is 513 g/mol. The molecule has 0 fully saturated rings. The molecule has 11 heteroatoms. The normalized spacial score (nSPS) is 11.8. The highest BCUT2D eigenvalue weighted by atomic mass is 35.5. The van der Waals surface area contributed by atoms with Crippen LogP contribution in [-0.2, 0) is 11.8 Å². The zero-order valence-corrected chi connectivity index (χ0v) is 20.5. The monoisotopic (exact) mass is 511 g/mol. The fourth-order valence-electron chi connectivity index (χ4n) is 2.89. The van der Waals surface area contributed by atoms with Crippen LogP contribution < -0.4 is 10.6 Å². The molecule has 168 valence electrons. The molecule has 0 saturated heterocycles. The number of carbonyl (C=O) groups is 2. The number of thioether (sulfide) groups is 1. The number of anilines is 1. The molecule has 3 aromatic rings. The van der Waals surface area contributed by atoms with Gasteiger partial charge in [0.25, 0.3) is 5.91 Å². The van der Waals surface area contributed by atoms with Crippen molar-refractivity contribution in [3.8, 4) is 0 Å². The molecular weight excluding hydrogens is 493 g/mol. The zero-order valence-electron chi connectivity index (χ0n) is 17.4. The maximum absolute atomic E-state index is 12.5. The van der Waals surface area contributed by atoms with E-state index in [1.165, 1.54) is 23.9 Å². The quantitative estimate of drug-likeness (QED) is 0.331. The van der Waals surface area contributed by atoms with Crippen LogP contribution in [0.5, 0.6) is 0 Å². The van der Waals surface area contributed by atoms with E-state index in [1.807, 2.05) is 32.0 Å². The summed E-state index contributed by atoms with van der Waals surface area (Å²) in [6.45, 7) is 3.75. The summed E-state index contributed by atoms with van der Waals surface area (Å²) >= 11 is 19.2. The number of rotatable bonds is 7. The summed E-state index contributed by atoms with van der Waals surface area (Å²) in [7, 11) is 1.78. The Hall–Kier alpha value is -2.26. The van der Waals surface area contributed by atoms with E-state index in [4.69, 9.17) is 34.8 Å². The number of nitrogens with zero attached hydrogens (tertiary/aromatic N) is 3. The van der Waals surface area contributed by atoms with Crippen molar-refractivity contribution >= 4 is 64.1 Å². The molecule has 1 heterocycles. The average Bonchev–Trinajstić information content (AvgIpc) is 3.11. The lowest BCUT2D eigenvalue weighted by Gasteiger charge is -2.14. The Balaban J connectivity index is 1.60. The number of aromatic nitrogens is 3. The molecule has 32 heavy (non-hydrogen) atoms. The predicted octanol–water partition coefficient (Wildman–Crippen LogP) is 5.31. The van der Waals surface area contributed by atoms with Crippen LogP contribution in [0, 0.1) is 6.92 Å². The number of hydrogen-bond donors (Lipinski definition) is 2. The Bertz CT molecular complexity index is 1170. The number of amides is 2. The summed E-state index contributed by atoms with van der Waals surface area (Å²) in [5, 5.41) is 15.3. The standard InChI is InChI=1S/C21H20Cl3N5O2S/c1-11-5-4-6-13(7-11)20(31)25-12(2)19-27-28-21(29(19)3)32-10-18(30)26-17-9-15(23)14(22)8-16(17)24/h4-9,12H,10H2,1-3H3,(H,25,31)(H,26,30)/t12-/m0/s1. The molecule has 3 rings (SSSR count). The molecule has 7 nitrogen and oxygen atoms in total. The maximum Gasteiger partial charge on any atom is 0.251 e. The van der Waals surface area contributed by atoms with E-state index in [-0.39, 0.29) is 28.6 Å². The van der Waals surface area contributed by atoms with E-state index in [9.17, 15) is 9.59 Å². The first-order chi connectivity index (χ1) is 15.2. The molecule has 0 aliphatic heterocycles. The van der Waals surface area contributed by atoms with Crippen molar-refractivity contribution < 1.29 is 9.59 Å². The van der Waals surface area contributed by atoms with Gasteiger partial charge < -0.3 is 15.2 Å². The van der Waals surface area contributed by atoms with Crippen LogP contribution >= 0.6 is 46.6 Å². The number of aryl methyl sites for hydroxylation is 1. The van der Waals surface area contributed by atoms with Crippen LogP contribution in [0.1, 0.15) is 34.7 Å². The third kappa shape index (κ3) is 5.95. The van der Waals surface area contributed by atoms with Crippen molar-refractivity contribution in [1.82, 2.24) is 20.1 Å². The van der Waals surface area contributed by atoms with E-state index in [1.54, 1.807) is 17.7 Å². The SMILES string of the molecule is Cc1cccc(C(=O)N[C@@H](C)c2nnc(SCC(=O)Nc3cc(Cl)c(Cl)cc3Cl)n2C)c1. The summed E-state index contributed by atoms with van der Waals surface area (Å²) < 4.78 is 1.74. The molecule has 0 bridgehead atoms. The smallest absolute Gasteiger partial charge is 0.251 e. The highest BCUT2D eigenvalue weighted by Crippen LogP contribution is 2.32. The summed E-state index contributed by atoms with van der Waals surface area (Å²) in [6.07, 6.45) is 0. The van der Waals surface area contributed by atoms with Gasteiger partial charge in [-0.25, -0.2) is 0 Å². The first-order valence-corrected chi connectivity index (χ1v) is 11.6. The van der Waals surface area contributed by atoms with Gasteiger partial charge >= 0.3 is 0 Å². The fraction of sp³-hybridized carbons (Fsp3) is 0.238. The topological polar surface area (TPSA) is 88.9 Å². The van der Waals surface area contributed by atoms with Gasteiger partial charge in [-0.05, 0) is 38.1 Å². The van der Waals surface area contributed by atoms with E-state index in [2.05, 4.69) is 20.8 Å². The Kier molecular flexibility index (Phi) is 8.05. The van der Waals surface area contributed by atoms with E-state index >= 15 is 0 Å². The highest BCUT2D eigenvalue weighted by molar-refractivity contribution is 7.99. The van der Waals surface area contributed by atoms with Crippen LogP contribution in [0.4, 0.5) is 5.69 Å². The van der Waals surface area contributed by atoms with Gasteiger partial charge in [-0.3, -0.25) is 9.59 Å². The predicted molar refractivity (Wildman–Crippen MR) is 129 cm³/mol. The van der Waals surface area contributed by atoms with Crippen molar-refractivity contribution in [2.75, 3.05) is 11.1 Å². The first-order valence-electron chi connectivity index (χ1n) is 9.49. The van der Waals surface area contributed by atoms with Gasteiger partial charge in [0.1, 0.15) is 0 Å². The van der Waals surface area contributed by atoms with Crippen molar-refractivity contribution in [1.29, 1.82) is 0 Å². The van der Waals surface area contributed by atoms with Crippen LogP contribution in [0.2, 0.25) is 15.1 Å². The number of benzene rings is 2. The second-order valence-electron chi connectivity index (χ2n) is 7.05. The lowest BCUT2D eigenvalue weighted by molar-refractivity contribution is -0.113. The molecule has 1 aromatic heterocycles. The molecule has 2 amide bonds. The molecule has 2 N–H and O–H groups in total. The molecule has 0 spiro atoms. The van der Waals surface area contributed by atoms with E-state index in [0.717, 1.165) is 5.56 Å². The molecule has 0 saturated carbocycles. The lowest BCUT2D eigenvalue weighted by atomic mass is 10.1. The molecule has 1 atom stereocenters. The molecule has 0 aliphatic rings. The summed E-state index contributed by atoms with van der Waals surface area (Å²) in [5.41, 5.74) is 1.95. The Morgan fingerprint density at radius 3 is 2.53 bits per heavy atom. The first kappa shape index (κ1) is 24.4. The van der Waals surface area contributed by atoms with Gasteiger partial charge in [-0.15, -0.1) is 10.2 Å². The van der Waals surface area contributed by atoms with Gasteiger partial charge in [0.05, 0.1) is 32.5 Å². The number of halogens is 3. The highest BCUT2D eigenvalue weighted by Gasteiger charge is 2.19. The van der Waals surface area contributed by atoms with Crippen molar-refractivity contribution in [3.05, 3.63) is 68.4 Å². The largest absolute Gasteiger partial charge is 0.342 e. The van der Waals surface area contributed by atoms with Gasteiger partial charge in [-0.2, -0.15) is 0 Å². The summed E-state index contributed by atoms with van der Waals surface area (Å²) in [4.78, 5) is 24.8. The van der Waals surface area contributed by atoms with Crippen LogP contribution in [0.3, 0.4) is 0 Å². The van der Waals surface area contributed by atoms with E-state index in [0.29, 0.717) is 32.3 Å². The fourth-order valence-corrected chi connectivity index (χ4v) is 4.21. The molecule has 0 radical (unpaired) electrons. The third-order valence-electron chi connectivity index (χ3n) is 4.50. The maximum atomic E-state index is 12.5. The second-order valence-corrected chi connectivity index (χ2v) is 9.21. The van der Waals surface area contributed by atoms with Crippen molar-refractivity contribution in [2.45, 2.75) is 25.0 Å². The third-order valence-corrected chi connectivity index (χ3v) is 6.56. The summed E-state index contributed by atoms with van der Waals surface area (Å²) in [6, 6.07) is 9.92. The van der Waals surface area contributed by atoms with Crippen molar-refractivity contribution in [2.24, 2.45) is 7.05 Å². The molecule has 0 aliphatic carbocycles. The second kappa shape index (κ2) is 10.6. The molecule has 2 aromatic carbocycles. The number of carbonyl (C=O) groups excluding carboxylic acids is 2. The van der Waals surface area contributed by atoms with Gasteiger partial charge in [0.2, 0.25) is 5.91 Å². The van der Waals surface area contributed by atoms with Gasteiger partial charge in [-0.1, -0.05) is 64.3 Å². The van der Waals surface area contributed by atoms with E-state index < -0.39 is 0 Å². The molecule has 0 unspecified atom stereocenters. The number of hydrogen-bond acceptors (Lipinski definition) is 5. The van der Waals surface area contributed by atoms with Crippen LogP contribution in [-0.4, -0.2) is 32.3 Å². The molecular formula is C21H20Cl3N5O2S. The zero-order chi connectivity index (χ0) is 23.4. The Labute approximate surface area is 204 Å². The summed E-state index contributed by atoms with van der Waals surface area (Å²) in [5.74, 6) is 0.158.